The number of benzene rings is 1. The zero-order valence-electron chi connectivity index (χ0n) is 15.7. The van der Waals surface area contributed by atoms with E-state index >= 15 is 0 Å². The van der Waals surface area contributed by atoms with Gasteiger partial charge >= 0.3 is 0 Å². The van der Waals surface area contributed by atoms with Crippen LogP contribution in [0.4, 0.5) is 14.6 Å². The lowest BCUT2D eigenvalue weighted by Gasteiger charge is -2.37. The van der Waals surface area contributed by atoms with Gasteiger partial charge in [0, 0.05) is 18.3 Å². The summed E-state index contributed by atoms with van der Waals surface area (Å²) in [6.45, 7) is 5.92. The molecule has 148 valence electrons. The highest BCUT2D eigenvalue weighted by Crippen LogP contribution is 2.34. The molecule has 9 heteroatoms. The van der Waals surface area contributed by atoms with Gasteiger partial charge in [-0.3, -0.25) is 4.79 Å². The number of halogens is 2. The van der Waals surface area contributed by atoms with Crippen LogP contribution in [-0.4, -0.2) is 27.6 Å². The van der Waals surface area contributed by atoms with E-state index in [0.717, 1.165) is 18.6 Å². The quantitative estimate of drug-likeness (QED) is 0.736. The Balaban J connectivity index is 2.09. The summed E-state index contributed by atoms with van der Waals surface area (Å²) >= 11 is 5.38. The highest BCUT2D eigenvalue weighted by molar-refractivity contribution is 7.80. The maximum absolute atomic E-state index is 14.5. The first kappa shape index (κ1) is 19.9. The van der Waals surface area contributed by atoms with Crippen molar-refractivity contribution >= 4 is 29.1 Å². The second kappa shape index (κ2) is 8.05. The standard InChI is InChI=1S/C19H20F2N4O2S/c1-4-8-25-11(3)15(18(26)22-14-9-10(2)27-24-14)17(23-19(25)28)16-12(20)6-5-7-13(16)21/h5-7,9,17H,4,8H2,1-3H3,(H,23,28)(H,22,24,26). The number of carbonyl (C=O) groups excluding carboxylic acids is 1. The van der Waals surface area contributed by atoms with Gasteiger partial charge in [0.05, 0.1) is 17.2 Å². The first-order chi connectivity index (χ1) is 13.3. The lowest BCUT2D eigenvalue weighted by atomic mass is 9.93. The molecule has 0 saturated carbocycles. The molecular weight excluding hydrogens is 386 g/mol. The van der Waals surface area contributed by atoms with Crippen molar-refractivity contribution in [3.8, 4) is 0 Å². The summed E-state index contributed by atoms with van der Waals surface area (Å²) in [6.07, 6.45) is 0.773. The van der Waals surface area contributed by atoms with Gasteiger partial charge in [0.15, 0.2) is 10.9 Å². The molecule has 2 aromatic rings. The fourth-order valence-corrected chi connectivity index (χ4v) is 3.53. The highest BCUT2D eigenvalue weighted by Gasteiger charge is 2.36. The Hall–Kier alpha value is -2.81. The second-order valence-electron chi connectivity index (χ2n) is 6.45. The SMILES string of the molecule is CCCN1C(=S)NC(c2c(F)cccc2F)C(C(=O)Nc2cc(C)on2)=C1C. The maximum Gasteiger partial charge on any atom is 0.257 e. The molecule has 0 saturated heterocycles. The van der Waals surface area contributed by atoms with E-state index in [1.165, 1.54) is 6.07 Å². The number of hydrogen-bond donors (Lipinski definition) is 2. The van der Waals surface area contributed by atoms with Crippen molar-refractivity contribution in [3.05, 3.63) is 58.5 Å². The molecule has 0 aliphatic carbocycles. The van der Waals surface area contributed by atoms with E-state index in [9.17, 15) is 13.6 Å². The Morgan fingerprint density at radius 3 is 2.61 bits per heavy atom. The molecule has 3 rings (SSSR count). The van der Waals surface area contributed by atoms with E-state index in [4.69, 9.17) is 16.7 Å². The third-order valence-corrected chi connectivity index (χ3v) is 4.78. The van der Waals surface area contributed by atoms with E-state index in [2.05, 4.69) is 15.8 Å². The zero-order chi connectivity index (χ0) is 20.4. The topological polar surface area (TPSA) is 70.4 Å². The fourth-order valence-electron chi connectivity index (χ4n) is 3.18. The Bertz CT molecular complexity index is 937. The van der Waals surface area contributed by atoms with E-state index in [0.29, 0.717) is 23.1 Å². The van der Waals surface area contributed by atoms with Gasteiger partial charge < -0.3 is 20.1 Å². The van der Waals surface area contributed by atoms with Crippen LogP contribution in [-0.2, 0) is 4.79 Å². The number of aryl methyl sites for hydroxylation is 1. The van der Waals surface area contributed by atoms with Crippen molar-refractivity contribution < 1.29 is 18.1 Å². The Labute approximate surface area is 166 Å². The van der Waals surface area contributed by atoms with Crippen molar-refractivity contribution in [1.82, 2.24) is 15.4 Å². The lowest BCUT2D eigenvalue weighted by molar-refractivity contribution is -0.113. The normalized spacial score (nSPS) is 17.0. The number of allylic oxidation sites excluding steroid dienone is 1. The number of aromatic nitrogens is 1. The molecule has 1 aliphatic heterocycles. The van der Waals surface area contributed by atoms with Gasteiger partial charge in [-0.25, -0.2) is 8.78 Å². The Morgan fingerprint density at radius 1 is 1.36 bits per heavy atom. The monoisotopic (exact) mass is 406 g/mol. The number of amides is 1. The number of thiocarbonyl (C=S) groups is 1. The Kier molecular flexibility index (Phi) is 5.73. The van der Waals surface area contributed by atoms with Gasteiger partial charge in [0.25, 0.3) is 5.91 Å². The Morgan fingerprint density at radius 2 is 2.04 bits per heavy atom. The van der Waals surface area contributed by atoms with Gasteiger partial charge in [-0.1, -0.05) is 18.1 Å². The number of rotatable bonds is 5. The second-order valence-corrected chi connectivity index (χ2v) is 6.83. The van der Waals surface area contributed by atoms with Crippen LogP contribution in [0.3, 0.4) is 0 Å². The molecule has 1 unspecified atom stereocenters. The molecule has 2 N–H and O–H groups in total. The molecule has 1 amide bonds. The van der Waals surface area contributed by atoms with Gasteiger partial charge in [0.2, 0.25) is 0 Å². The van der Waals surface area contributed by atoms with E-state index in [1.54, 1.807) is 24.8 Å². The largest absolute Gasteiger partial charge is 0.360 e. The predicted molar refractivity (Wildman–Crippen MR) is 104 cm³/mol. The first-order valence-corrected chi connectivity index (χ1v) is 9.21. The summed E-state index contributed by atoms with van der Waals surface area (Å²) in [4.78, 5) is 14.8. The summed E-state index contributed by atoms with van der Waals surface area (Å²) in [5.41, 5.74) is 0.421. The molecule has 1 aromatic carbocycles. The van der Waals surface area contributed by atoms with Gasteiger partial charge in [-0.15, -0.1) is 0 Å². The average Bonchev–Trinajstić information content (AvgIpc) is 3.03. The van der Waals surface area contributed by atoms with E-state index < -0.39 is 23.6 Å². The molecule has 0 spiro atoms. The molecule has 1 aliphatic rings. The van der Waals surface area contributed by atoms with Crippen LogP contribution in [0, 0.1) is 18.6 Å². The third kappa shape index (κ3) is 3.75. The van der Waals surface area contributed by atoms with Crippen molar-refractivity contribution in [2.45, 2.75) is 33.2 Å². The summed E-state index contributed by atoms with van der Waals surface area (Å²) < 4.78 is 33.9. The summed E-state index contributed by atoms with van der Waals surface area (Å²) in [6, 6.07) is 4.04. The van der Waals surface area contributed by atoms with Crippen LogP contribution in [0.25, 0.3) is 0 Å². The summed E-state index contributed by atoms with van der Waals surface area (Å²) in [5.74, 6) is -1.34. The van der Waals surface area contributed by atoms with Gasteiger partial charge in [-0.05, 0) is 44.6 Å². The van der Waals surface area contributed by atoms with Crippen LogP contribution in [0.1, 0.15) is 37.6 Å². The number of nitrogens with one attached hydrogen (secondary N) is 2. The van der Waals surface area contributed by atoms with Crippen molar-refractivity contribution in [3.63, 3.8) is 0 Å². The number of nitrogens with zero attached hydrogens (tertiary/aromatic N) is 2. The lowest BCUT2D eigenvalue weighted by Crippen LogP contribution is -2.49. The molecule has 0 fully saturated rings. The molecule has 0 bridgehead atoms. The predicted octanol–water partition coefficient (Wildman–Crippen LogP) is 3.82. The van der Waals surface area contributed by atoms with Crippen LogP contribution in [0.5, 0.6) is 0 Å². The van der Waals surface area contributed by atoms with E-state index in [-0.39, 0.29) is 17.0 Å². The molecule has 1 aromatic heterocycles. The van der Waals surface area contributed by atoms with E-state index in [1.807, 2.05) is 6.92 Å². The van der Waals surface area contributed by atoms with Crippen LogP contribution in [0.15, 0.2) is 40.1 Å². The number of carbonyl (C=O) groups is 1. The highest BCUT2D eigenvalue weighted by atomic mass is 32.1. The average molecular weight is 406 g/mol. The van der Waals surface area contributed by atoms with Crippen LogP contribution in [0.2, 0.25) is 0 Å². The molecule has 2 heterocycles. The maximum atomic E-state index is 14.5. The van der Waals surface area contributed by atoms with Crippen LogP contribution < -0.4 is 10.6 Å². The smallest absolute Gasteiger partial charge is 0.257 e. The third-order valence-electron chi connectivity index (χ3n) is 4.45. The molecule has 28 heavy (non-hydrogen) atoms. The minimum absolute atomic E-state index is 0.159. The van der Waals surface area contributed by atoms with Crippen LogP contribution >= 0.6 is 12.2 Å². The molecule has 6 nitrogen and oxygen atoms in total. The van der Waals surface area contributed by atoms with Crippen molar-refractivity contribution in [2.24, 2.45) is 0 Å². The zero-order valence-corrected chi connectivity index (χ0v) is 16.5. The van der Waals surface area contributed by atoms with Crippen molar-refractivity contribution in [1.29, 1.82) is 0 Å². The minimum atomic E-state index is -1.07. The molecule has 1 atom stereocenters. The minimum Gasteiger partial charge on any atom is -0.360 e. The van der Waals surface area contributed by atoms with Gasteiger partial charge in [0.1, 0.15) is 17.4 Å². The molecular formula is C19H20F2N4O2S. The number of anilines is 1. The number of hydrogen-bond acceptors (Lipinski definition) is 4. The van der Waals surface area contributed by atoms with Crippen molar-refractivity contribution in [2.75, 3.05) is 11.9 Å². The first-order valence-electron chi connectivity index (χ1n) is 8.80. The fraction of sp³-hybridized carbons (Fsp3) is 0.316. The molecule has 0 radical (unpaired) electrons. The summed E-state index contributed by atoms with van der Waals surface area (Å²) in [7, 11) is 0. The summed E-state index contributed by atoms with van der Waals surface area (Å²) in [5, 5.41) is 9.59. The van der Waals surface area contributed by atoms with Gasteiger partial charge in [-0.2, -0.15) is 0 Å².